The van der Waals surface area contributed by atoms with Crippen LogP contribution >= 0.6 is 0 Å². The van der Waals surface area contributed by atoms with Crippen molar-refractivity contribution in [2.45, 2.75) is 25.2 Å². The van der Waals surface area contributed by atoms with Gasteiger partial charge in [-0.2, -0.15) is 5.26 Å². The van der Waals surface area contributed by atoms with Gasteiger partial charge in [0.2, 0.25) is 0 Å². The first-order chi connectivity index (χ1) is 8.63. The van der Waals surface area contributed by atoms with E-state index in [4.69, 9.17) is 9.84 Å². The summed E-state index contributed by atoms with van der Waals surface area (Å²) in [5, 5.41) is 18.4. The average molecular weight is 246 g/mol. The number of ether oxygens (including phenoxy) is 1. The monoisotopic (exact) mass is 246 g/mol. The Balaban J connectivity index is 2.47. The lowest BCUT2D eigenvalue weighted by Crippen LogP contribution is -2.26. The fourth-order valence-corrected chi connectivity index (χ4v) is 2.16. The van der Waals surface area contributed by atoms with Crippen LogP contribution in [0.5, 0.6) is 0 Å². The minimum absolute atomic E-state index is 0.202. The highest BCUT2D eigenvalue weighted by atomic mass is 16.5. The number of carbonyl (C=O) groups is 1. The highest BCUT2D eigenvalue weighted by molar-refractivity contribution is 5.89. The number of aromatic nitrogens is 1. The van der Waals surface area contributed by atoms with Crippen LogP contribution in [0.2, 0.25) is 0 Å². The largest absolute Gasteiger partial charge is 0.478 e. The average Bonchev–Trinajstić information content (AvgIpc) is 2.87. The highest BCUT2D eigenvalue weighted by Crippen LogP contribution is 2.32. The molecule has 1 saturated heterocycles. The van der Waals surface area contributed by atoms with E-state index >= 15 is 0 Å². The van der Waals surface area contributed by atoms with Gasteiger partial charge in [0.1, 0.15) is 5.41 Å². The number of aryl methyl sites for hydroxylation is 1. The molecule has 1 N–H and O–H groups in total. The molecule has 2 rings (SSSR count). The summed E-state index contributed by atoms with van der Waals surface area (Å²) in [6.45, 7) is 2.75. The van der Waals surface area contributed by atoms with E-state index in [1.165, 1.54) is 6.20 Å². The summed E-state index contributed by atoms with van der Waals surface area (Å²) < 4.78 is 5.28. The number of pyridine rings is 1. The van der Waals surface area contributed by atoms with Gasteiger partial charge in [0.05, 0.1) is 23.9 Å². The van der Waals surface area contributed by atoms with Gasteiger partial charge in [-0.25, -0.2) is 4.79 Å². The first-order valence-corrected chi connectivity index (χ1v) is 5.84. The molecular formula is C13H14N2O3. The lowest BCUT2D eigenvalue weighted by Gasteiger charge is -2.18. The molecular weight excluding hydrogens is 232 g/mol. The number of rotatable bonds is 3. The van der Waals surface area contributed by atoms with Crippen molar-refractivity contribution in [3.05, 3.63) is 29.1 Å². The van der Waals surface area contributed by atoms with Gasteiger partial charge in [-0.15, -0.1) is 0 Å². The zero-order chi connectivity index (χ0) is 13.2. The van der Waals surface area contributed by atoms with E-state index in [-0.39, 0.29) is 5.56 Å². The quantitative estimate of drug-likeness (QED) is 0.874. The lowest BCUT2D eigenvalue weighted by atomic mass is 9.84. The molecule has 5 nitrogen and oxygen atoms in total. The van der Waals surface area contributed by atoms with Gasteiger partial charge < -0.3 is 9.84 Å². The Morgan fingerprint density at radius 3 is 3.00 bits per heavy atom. The van der Waals surface area contributed by atoms with E-state index in [0.29, 0.717) is 37.3 Å². The molecule has 0 amide bonds. The van der Waals surface area contributed by atoms with Crippen molar-refractivity contribution in [1.29, 1.82) is 5.26 Å². The Bertz CT molecular complexity index is 513. The number of hydrogen-bond donors (Lipinski definition) is 1. The minimum atomic E-state index is -0.987. The molecule has 1 aliphatic heterocycles. The van der Waals surface area contributed by atoms with Gasteiger partial charge >= 0.3 is 5.97 Å². The van der Waals surface area contributed by atoms with Crippen molar-refractivity contribution in [2.24, 2.45) is 0 Å². The third-order valence-electron chi connectivity index (χ3n) is 3.33. The number of nitriles is 1. The molecule has 1 atom stereocenters. The number of carboxylic acids is 1. The molecule has 0 spiro atoms. The third kappa shape index (κ3) is 1.95. The normalized spacial score (nSPS) is 22.7. The SMILES string of the molecule is CCc1cc(C2(C#N)CCOC2)ncc1C(=O)O. The molecule has 0 aliphatic carbocycles. The molecule has 0 bridgehead atoms. The molecule has 2 heterocycles. The Morgan fingerprint density at radius 2 is 2.50 bits per heavy atom. The molecule has 5 heteroatoms. The molecule has 1 aromatic heterocycles. The Morgan fingerprint density at radius 1 is 1.72 bits per heavy atom. The summed E-state index contributed by atoms with van der Waals surface area (Å²) in [7, 11) is 0. The summed E-state index contributed by atoms with van der Waals surface area (Å²) in [4.78, 5) is 15.2. The van der Waals surface area contributed by atoms with Crippen LogP contribution in [0.4, 0.5) is 0 Å². The second kappa shape index (κ2) is 4.75. The smallest absolute Gasteiger partial charge is 0.337 e. The van der Waals surface area contributed by atoms with E-state index in [9.17, 15) is 10.1 Å². The molecule has 1 unspecified atom stereocenters. The molecule has 1 aromatic rings. The predicted molar refractivity (Wildman–Crippen MR) is 63.3 cm³/mol. The second-order valence-corrected chi connectivity index (χ2v) is 4.38. The van der Waals surface area contributed by atoms with Crippen molar-refractivity contribution in [1.82, 2.24) is 4.98 Å². The van der Waals surface area contributed by atoms with Crippen molar-refractivity contribution in [2.75, 3.05) is 13.2 Å². The van der Waals surface area contributed by atoms with E-state index in [0.717, 1.165) is 0 Å². The Kier molecular flexibility index (Phi) is 3.30. The van der Waals surface area contributed by atoms with Crippen molar-refractivity contribution in [3.63, 3.8) is 0 Å². The lowest BCUT2D eigenvalue weighted by molar-refractivity contribution is 0.0695. The van der Waals surface area contributed by atoms with E-state index in [1.807, 2.05) is 6.92 Å². The van der Waals surface area contributed by atoms with Crippen molar-refractivity contribution < 1.29 is 14.6 Å². The van der Waals surface area contributed by atoms with Gasteiger partial charge in [0.15, 0.2) is 0 Å². The van der Waals surface area contributed by atoms with E-state index < -0.39 is 11.4 Å². The zero-order valence-corrected chi connectivity index (χ0v) is 10.1. The first kappa shape index (κ1) is 12.5. The van der Waals surface area contributed by atoms with Crippen molar-refractivity contribution in [3.8, 4) is 6.07 Å². The molecule has 0 saturated carbocycles. The summed E-state index contributed by atoms with van der Waals surface area (Å²) in [5.41, 5.74) is 0.799. The van der Waals surface area contributed by atoms with Crippen LogP contribution in [-0.2, 0) is 16.6 Å². The van der Waals surface area contributed by atoms with Gasteiger partial charge in [-0.05, 0) is 24.5 Å². The number of hydrogen-bond acceptors (Lipinski definition) is 4. The van der Waals surface area contributed by atoms with Gasteiger partial charge in [-0.3, -0.25) is 4.98 Å². The van der Waals surface area contributed by atoms with Crippen LogP contribution in [0, 0.1) is 11.3 Å². The van der Waals surface area contributed by atoms with Crippen LogP contribution < -0.4 is 0 Å². The molecule has 0 radical (unpaired) electrons. The van der Waals surface area contributed by atoms with Crippen LogP contribution in [0.25, 0.3) is 0 Å². The maximum absolute atomic E-state index is 11.0. The third-order valence-corrected chi connectivity index (χ3v) is 3.33. The summed E-state index contributed by atoms with van der Waals surface area (Å²) in [6, 6.07) is 3.98. The number of nitrogens with zero attached hydrogens (tertiary/aromatic N) is 2. The van der Waals surface area contributed by atoms with Crippen LogP contribution in [-0.4, -0.2) is 29.3 Å². The molecule has 1 aliphatic rings. The zero-order valence-electron chi connectivity index (χ0n) is 10.1. The van der Waals surface area contributed by atoms with Gasteiger partial charge in [-0.1, -0.05) is 6.92 Å². The maximum Gasteiger partial charge on any atom is 0.337 e. The number of aromatic carboxylic acids is 1. The fourth-order valence-electron chi connectivity index (χ4n) is 2.16. The van der Waals surface area contributed by atoms with Gasteiger partial charge in [0, 0.05) is 12.8 Å². The highest BCUT2D eigenvalue weighted by Gasteiger charge is 2.38. The number of carboxylic acid groups (broad SMARTS) is 1. The Hall–Kier alpha value is -1.93. The second-order valence-electron chi connectivity index (χ2n) is 4.38. The van der Waals surface area contributed by atoms with Crippen molar-refractivity contribution >= 4 is 5.97 Å². The standard InChI is InChI=1S/C13H14N2O3/c1-2-9-5-11(15-6-10(9)12(16)17)13(7-14)3-4-18-8-13/h5-6H,2-4,8H2,1H3,(H,16,17). The van der Waals surface area contributed by atoms with Crippen LogP contribution in [0.1, 0.15) is 35.0 Å². The summed E-state index contributed by atoms with van der Waals surface area (Å²) in [6.07, 6.45) is 2.54. The first-order valence-electron chi connectivity index (χ1n) is 5.84. The van der Waals surface area contributed by atoms with E-state index in [2.05, 4.69) is 11.1 Å². The summed E-state index contributed by atoms with van der Waals surface area (Å²) >= 11 is 0. The van der Waals surface area contributed by atoms with E-state index in [1.54, 1.807) is 6.07 Å². The fraction of sp³-hybridized carbons (Fsp3) is 0.462. The molecule has 18 heavy (non-hydrogen) atoms. The predicted octanol–water partition coefficient (Wildman–Crippen LogP) is 1.52. The molecule has 1 fully saturated rings. The minimum Gasteiger partial charge on any atom is -0.478 e. The summed E-state index contributed by atoms with van der Waals surface area (Å²) in [5.74, 6) is -0.987. The molecule has 0 aromatic carbocycles. The Labute approximate surface area is 105 Å². The van der Waals surface area contributed by atoms with Crippen LogP contribution in [0.3, 0.4) is 0 Å². The molecule has 94 valence electrons. The van der Waals surface area contributed by atoms with Gasteiger partial charge in [0.25, 0.3) is 0 Å². The topological polar surface area (TPSA) is 83.2 Å². The maximum atomic E-state index is 11.0. The van der Waals surface area contributed by atoms with Crippen LogP contribution in [0.15, 0.2) is 12.3 Å².